The SMILES string of the molecule is O=C1NC(=O)N(c2ccccc2F)C(=O)/C1=C\c1cc(Br)cc(Br)c1OC(=O)c1ccc(Br)cc1. The summed E-state index contributed by atoms with van der Waals surface area (Å²) in [7, 11) is 0. The third kappa shape index (κ3) is 5.26. The maximum absolute atomic E-state index is 14.3. The molecule has 0 bridgehead atoms. The van der Waals surface area contributed by atoms with Crippen molar-refractivity contribution in [3.8, 4) is 5.75 Å². The molecule has 0 aliphatic carbocycles. The van der Waals surface area contributed by atoms with Crippen molar-refractivity contribution in [3.05, 3.63) is 96.6 Å². The van der Waals surface area contributed by atoms with Crippen LogP contribution in [0.3, 0.4) is 0 Å². The van der Waals surface area contributed by atoms with Crippen molar-refractivity contribution in [1.82, 2.24) is 5.32 Å². The molecule has 4 rings (SSSR count). The molecule has 1 aliphatic rings. The van der Waals surface area contributed by atoms with E-state index in [4.69, 9.17) is 4.74 Å². The highest BCUT2D eigenvalue weighted by Crippen LogP contribution is 2.36. The summed E-state index contributed by atoms with van der Waals surface area (Å²) in [6.07, 6.45) is 1.16. The molecule has 7 nitrogen and oxygen atoms in total. The van der Waals surface area contributed by atoms with Crippen molar-refractivity contribution in [2.75, 3.05) is 4.90 Å². The van der Waals surface area contributed by atoms with E-state index in [1.54, 1.807) is 30.3 Å². The maximum Gasteiger partial charge on any atom is 0.343 e. The number of urea groups is 1. The fourth-order valence-corrected chi connectivity index (χ4v) is 4.80. The minimum Gasteiger partial charge on any atom is -0.421 e. The van der Waals surface area contributed by atoms with E-state index in [2.05, 4.69) is 47.8 Å². The van der Waals surface area contributed by atoms with Gasteiger partial charge in [0, 0.05) is 14.5 Å². The fraction of sp³-hybridized carbons (Fsp3) is 0. The summed E-state index contributed by atoms with van der Waals surface area (Å²) < 4.78 is 21.6. The molecule has 1 N–H and O–H groups in total. The lowest BCUT2D eigenvalue weighted by molar-refractivity contribution is -0.122. The molecule has 35 heavy (non-hydrogen) atoms. The second kappa shape index (κ2) is 10.2. The van der Waals surface area contributed by atoms with Gasteiger partial charge in [-0.3, -0.25) is 14.9 Å². The lowest BCUT2D eigenvalue weighted by Crippen LogP contribution is -2.54. The van der Waals surface area contributed by atoms with Crippen molar-refractivity contribution in [2.24, 2.45) is 0 Å². The minimum atomic E-state index is -1.08. The standard InChI is InChI=1S/C24H12Br3FN2O5/c25-14-7-5-12(6-8-14)23(33)35-20-13(9-15(26)11-17(20)27)10-16-21(31)29-24(34)30(22(16)32)19-4-2-1-3-18(19)28/h1-11H,(H,29,31,34)/b16-10-. The number of amides is 4. The first-order valence-corrected chi connectivity index (χ1v) is 12.2. The molecule has 0 aromatic heterocycles. The smallest absolute Gasteiger partial charge is 0.343 e. The number of rotatable bonds is 4. The van der Waals surface area contributed by atoms with Crippen LogP contribution in [0.5, 0.6) is 5.75 Å². The van der Waals surface area contributed by atoms with Crippen LogP contribution in [0.25, 0.3) is 6.08 Å². The highest BCUT2D eigenvalue weighted by molar-refractivity contribution is 9.11. The van der Waals surface area contributed by atoms with E-state index in [-0.39, 0.29) is 22.6 Å². The van der Waals surface area contributed by atoms with E-state index in [9.17, 15) is 23.6 Å². The Hall–Kier alpha value is -3.15. The van der Waals surface area contributed by atoms with Gasteiger partial charge in [0.15, 0.2) is 5.75 Å². The second-order valence-corrected chi connectivity index (χ2v) is 9.80. The first-order chi connectivity index (χ1) is 16.7. The van der Waals surface area contributed by atoms with Gasteiger partial charge in [0.25, 0.3) is 11.8 Å². The van der Waals surface area contributed by atoms with E-state index in [1.807, 2.05) is 5.32 Å². The van der Waals surface area contributed by atoms with Gasteiger partial charge in [-0.15, -0.1) is 0 Å². The third-order valence-corrected chi connectivity index (χ3v) is 6.38. The van der Waals surface area contributed by atoms with Gasteiger partial charge in [0.1, 0.15) is 11.4 Å². The zero-order valence-corrected chi connectivity index (χ0v) is 22.1. The molecule has 0 atom stereocenters. The van der Waals surface area contributed by atoms with Gasteiger partial charge in [-0.1, -0.05) is 44.0 Å². The molecule has 1 saturated heterocycles. The quantitative estimate of drug-likeness (QED) is 0.160. The van der Waals surface area contributed by atoms with Gasteiger partial charge in [-0.05, 0) is 70.5 Å². The Morgan fingerprint density at radius 2 is 1.63 bits per heavy atom. The van der Waals surface area contributed by atoms with Gasteiger partial charge in [0.05, 0.1) is 15.7 Å². The Bertz CT molecular complexity index is 1420. The molecular weight excluding hydrogens is 655 g/mol. The largest absolute Gasteiger partial charge is 0.421 e. The van der Waals surface area contributed by atoms with Crippen LogP contribution < -0.4 is 15.0 Å². The third-order valence-electron chi connectivity index (χ3n) is 4.81. The predicted molar refractivity (Wildman–Crippen MR) is 136 cm³/mol. The van der Waals surface area contributed by atoms with E-state index >= 15 is 0 Å². The molecule has 1 aliphatic heterocycles. The van der Waals surface area contributed by atoms with Crippen LogP contribution in [0, 0.1) is 5.82 Å². The zero-order valence-electron chi connectivity index (χ0n) is 17.4. The summed E-state index contributed by atoms with van der Waals surface area (Å²) in [6.45, 7) is 0. The molecule has 0 unspecified atom stereocenters. The van der Waals surface area contributed by atoms with Crippen LogP contribution in [-0.2, 0) is 9.59 Å². The van der Waals surface area contributed by atoms with Gasteiger partial charge in [-0.2, -0.15) is 0 Å². The van der Waals surface area contributed by atoms with Crippen molar-refractivity contribution in [1.29, 1.82) is 0 Å². The Kier molecular flexibility index (Phi) is 7.29. The second-order valence-electron chi connectivity index (χ2n) is 7.11. The van der Waals surface area contributed by atoms with Crippen molar-refractivity contribution >= 4 is 83.4 Å². The number of barbiturate groups is 1. The van der Waals surface area contributed by atoms with Crippen molar-refractivity contribution in [3.63, 3.8) is 0 Å². The van der Waals surface area contributed by atoms with E-state index < -0.39 is 35.2 Å². The summed E-state index contributed by atoms with van der Waals surface area (Å²) in [5.74, 6) is -3.48. The minimum absolute atomic E-state index is 0.0311. The molecule has 1 heterocycles. The molecular formula is C24H12Br3FN2O5. The van der Waals surface area contributed by atoms with Gasteiger partial charge >= 0.3 is 12.0 Å². The van der Waals surface area contributed by atoms with Crippen molar-refractivity contribution in [2.45, 2.75) is 0 Å². The van der Waals surface area contributed by atoms with Crippen LogP contribution in [0.2, 0.25) is 0 Å². The molecule has 0 radical (unpaired) electrons. The van der Waals surface area contributed by atoms with Gasteiger partial charge in [0.2, 0.25) is 0 Å². The Morgan fingerprint density at radius 1 is 0.943 bits per heavy atom. The van der Waals surface area contributed by atoms with Gasteiger partial charge < -0.3 is 4.74 Å². The first-order valence-electron chi connectivity index (χ1n) is 9.78. The van der Waals surface area contributed by atoms with Crippen LogP contribution in [0.4, 0.5) is 14.9 Å². The van der Waals surface area contributed by atoms with Crippen LogP contribution in [0.1, 0.15) is 15.9 Å². The average Bonchev–Trinajstić information content (AvgIpc) is 2.80. The monoisotopic (exact) mass is 664 g/mol. The van der Waals surface area contributed by atoms with E-state index in [1.165, 1.54) is 24.3 Å². The molecule has 0 saturated carbocycles. The number of benzene rings is 3. The molecule has 3 aromatic carbocycles. The summed E-state index contributed by atoms with van der Waals surface area (Å²) in [5, 5.41) is 2.03. The number of para-hydroxylation sites is 1. The summed E-state index contributed by atoms with van der Waals surface area (Å²) in [5.41, 5.74) is -0.327. The molecule has 1 fully saturated rings. The number of imide groups is 2. The summed E-state index contributed by atoms with van der Waals surface area (Å²) >= 11 is 9.95. The number of nitrogens with zero attached hydrogens (tertiary/aromatic N) is 1. The fourth-order valence-electron chi connectivity index (χ4n) is 3.20. The zero-order chi connectivity index (χ0) is 25.3. The summed E-state index contributed by atoms with van der Waals surface area (Å²) in [6, 6.07) is 13.7. The molecule has 11 heteroatoms. The van der Waals surface area contributed by atoms with Gasteiger partial charge in [-0.25, -0.2) is 18.9 Å². The predicted octanol–water partition coefficient (Wildman–Crippen LogP) is 6.00. The highest BCUT2D eigenvalue weighted by atomic mass is 79.9. The van der Waals surface area contributed by atoms with Crippen LogP contribution >= 0.6 is 47.8 Å². The molecule has 0 spiro atoms. The van der Waals surface area contributed by atoms with E-state index in [0.29, 0.717) is 13.8 Å². The number of halogens is 4. The maximum atomic E-state index is 14.3. The van der Waals surface area contributed by atoms with Crippen LogP contribution in [-0.4, -0.2) is 23.8 Å². The Morgan fingerprint density at radius 3 is 2.31 bits per heavy atom. The number of esters is 1. The number of ether oxygens (including phenoxy) is 1. The topological polar surface area (TPSA) is 92.8 Å². The first kappa shape index (κ1) is 25.0. The number of anilines is 1. The lowest BCUT2D eigenvalue weighted by atomic mass is 10.1. The Balaban J connectivity index is 1.76. The van der Waals surface area contributed by atoms with Crippen molar-refractivity contribution < 1.29 is 28.3 Å². The van der Waals surface area contributed by atoms with E-state index in [0.717, 1.165) is 16.6 Å². The number of carbonyl (C=O) groups excluding carboxylic acids is 4. The lowest BCUT2D eigenvalue weighted by Gasteiger charge is -2.26. The number of hydrogen-bond acceptors (Lipinski definition) is 5. The number of carbonyl (C=O) groups is 4. The number of hydrogen-bond donors (Lipinski definition) is 1. The summed E-state index contributed by atoms with van der Waals surface area (Å²) in [4.78, 5) is 51.3. The molecule has 3 aromatic rings. The molecule has 4 amide bonds. The van der Waals surface area contributed by atoms with Crippen LogP contribution in [0.15, 0.2) is 79.7 Å². The Labute approximate surface area is 223 Å². The average molecular weight is 667 g/mol. The normalized spacial score (nSPS) is 14.8. The number of nitrogens with one attached hydrogen (secondary N) is 1. The molecule has 176 valence electrons. The highest BCUT2D eigenvalue weighted by Gasteiger charge is 2.38.